The largest absolute Gasteiger partial charge is 0.365 e. The Morgan fingerprint density at radius 3 is 2.38 bits per heavy atom. The molecule has 0 aliphatic rings. The van der Waals surface area contributed by atoms with Crippen molar-refractivity contribution in [2.24, 2.45) is 7.05 Å². The van der Waals surface area contributed by atoms with Crippen molar-refractivity contribution in [1.82, 2.24) is 19.7 Å². The summed E-state index contributed by atoms with van der Waals surface area (Å²) in [6.07, 6.45) is 0. The monoisotopic (exact) mass is 307 g/mol. The van der Waals surface area contributed by atoms with Crippen molar-refractivity contribution in [3.63, 3.8) is 0 Å². The van der Waals surface area contributed by atoms with Gasteiger partial charge < -0.3 is 5.32 Å². The molecule has 0 atom stereocenters. The van der Waals surface area contributed by atoms with Gasteiger partial charge in [-0.1, -0.05) is 25.4 Å². The van der Waals surface area contributed by atoms with Crippen molar-refractivity contribution in [3.8, 4) is 0 Å². The number of nitrogens with zero attached hydrogens (tertiary/aromatic N) is 4. The second-order valence-electron chi connectivity index (χ2n) is 5.63. The van der Waals surface area contributed by atoms with Crippen molar-refractivity contribution in [1.29, 1.82) is 0 Å². The van der Waals surface area contributed by atoms with E-state index in [0.717, 1.165) is 28.6 Å². The van der Waals surface area contributed by atoms with Crippen LogP contribution in [0.5, 0.6) is 0 Å². The maximum atomic E-state index is 6.20. The molecule has 0 aliphatic heterocycles. The van der Waals surface area contributed by atoms with E-state index in [4.69, 9.17) is 11.6 Å². The predicted octanol–water partition coefficient (Wildman–Crippen LogP) is 3.52. The number of hydrogen-bond donors (Lipinski definition) is 1. The molecule has 1 N–H and O–H groups in total. The molecule has 0 spiro atoms. The average molecular weight is 308 g/mol. The molecule has 2 heterocycles. The number of halogens is 1. The zero-order valence-corrected chi connectivity index (χ0v) is 14.2. The third kappa shape index (κ3) is 3.18. The minimum atomic E-state index is 0.241. The molecule has 0 aliphatic carbocycles. The lowest BCUT2D eigenvalue weighted by Crippen LogP contribution is -2.09. The van der Waals surface area contributed by atoms with Gasteiger partial charge in [0, 0.05) is 36.3 Å². The Bertz CT molecular complexity index is 661. The molecule has 21 heavy (non-hydrogen) atoms. The highest BCUT2D eigenvalue weighted by molar-refractivity contribution is 6.30. The van der Waals surface area contributed by atoms with Crippen LogP contribution in [0.3, 0.4) is 0 Å². The molecule has 0 aromatic carbocycles. The van der Waals surface area contributed by atoms with Crippen molar-refractivity contribution in [3.05, 3.63) is 33.5 Å². The fourth-order valence-corrected chi connectivity index (χ4v) is 2.36. The van der Waals surface area contributed by atoms with Crippen LogP contribution < -0.4 is 5.32 Å². The highest BCUT2D eigenvalue weighted by Gasteiger charge is 2.14. The van der Waals surface area contributed by atoms with E-state index in [2.05, 4.69) is 41.2 Å². The van der Waals surface area contributed by atoms with E-state index >= 15 is 0 Å². The Labute approximate surface area is 130 Å². The molecule has 0 radical (unpaired) electrons. The van der Waals surface area contributed by atoms with Crippen molar-refractivity contribution in [2.45, 2.75) is 47.1 Å². The second-order valence-corrected chi connectivity index (χ2v) is 5.99. The zero-order chi connectivity index (χ0) is 15.7. The molecule has 0 unspecified atom stereocenters. The SMILES string of the molecule is Cc1nn(C)c(C)c1CNc1nc(C(C)C)nc(Cl)c1C. The van der Waals surface area contributed by atoms with Gasteiger partial charge in [0.2, 0.25) is 0 Å². The van der Waals surface area contributed by atoms with Crippen LogP contribution in [0.2, 0.25) is 5.15 Å². The highest BCUT2D eigenvalue weighted by Crippen LogP contribution is 2.24. The van der Waals surface area contributed by atoms with Gasteiger partial charge in [-0.05, 0) is 20.8 Å². The lowest BCUT2D eigenvalue weighted by molar-refractivity contribution is 0.730. The first kappa shape index (κ1) is 15.8. The van der Waals surface area contributed by atoms with E-state index < -0.39 is 0 Å². The van der Waals surface area contributed by atoms with Gasteiger partial charge in [-0.25, -0.2) is 9.97 Å². The molecular formula is C15H22ClN5. The van der Waals surface area contributed by atoms with Crippen LogP contribution in [0.25, 0.3) is 0 Å². The van der Waals surface area contributed by atoms with Gasteiger partial charge in [-0.2, -0.15) is 5.10 Å². The third-order valence-electron chi connectivity index (χ3n) is 3.71. The molecule has 6 heteroatoms. The first-order chi connectivity index (χ1) is 9.81. The lowest BCUT2D eigenvalue weighted by atomic mass is 10.2. The quantitative estimate of drug-likeness (QED) is 0.878. The standard InChI is InChI=1S/C15H22ClN5/c1-8(2)14-18-13(16)9(3)15(19-14)17-7-12-10(4)20-21(6)11(12)5/h8H,7H2,1-6H3,(H,17,18,19). The smallest absolute Gasteiger partial charge is 0.137 e. The van der Waals surface area contributed by atoms with Crippen LogP contribution in [0.15, 0.2) is 0 Å². The summed E-state index contributed by atoms with van der Waals surface area (Å²) in [6, 6.07) is 0. The number of aromatic nitrogens is 4. The van der Waals surface area contributed by atoms with Crippen LogP contribution in [-0.4, -0.2) is 19.7 Å². The Balaban J connectivity index is 2.27. The summed E-state index contributed by atoms with van der Waals surface area (Å²) in [6.45, 7) is 10.8. The third-order valence-corrected chi connectivity index (χ3v) is 4.08. The predicted molar refractivity (Wildman–Crippen MR) is 85.9 cm³/mol. The summed E-state index contributed by atoms with van der Waals surface area (Å²) >= 11 is 6.20. The molecule has 0 fully saturated rings. The Hall–Kier alpha value is -1.62. The number of hydrogen-bond acceptors (Lipinski definition) is 4. The van der Waals surface area contributed by atoms with Crippen LogP contribution in [-0.2, 0) is 13.6 Å². The summed E-state index contributed by atoms with van der Waals surface area (Å²) in [5.41, 5.74) is 4.25. The van der Waals surface area contributed by atoms with Crippen molar-refractivity contribution >= 4 is 17.4 Å². The fraction of sp³-hybridized carbons (Fsp3) is 0.533. The van der Waals surface area contributed by atoms with Gasteiger partial charge in [-0.15, -0.1) is 0 Å². The fourth-order valence-electron chi connectivity index (χ4n) is 2.18. The normalized spacial score (nSPS) is 11.2. The van der Waals surface area contributed by atoms with Crippen LogP contribution in [0.1, 0.15) is 48.1 Å². The zero-order valence-electron chi connectivity index (χ0n) is 13.5. The topological polar surface area (TPSA) is 55.6 Å². The minimum absolute atomic E-state index is 0.241. The van der Waals surface area contributed by atoms with Crippen LogP contribution in [0, 0.1) is 20.8 Å². The molecule has 2 aromatic heterocycles. The summed E-state index contributed by atoms with van der Waals surface area (Å²) in [7, 11) is 1.95. The first-order valence-corrected chi connectivity index (χ1v) is 7.46. The number of rotatable bonds is 4. The highest BCUT2D eigenvalue weighted by atomic mass is 35.5. The summed E-state index contributed by atoms with van der Waals surface area (Å²) in [4.78, 5) is 8.90. The Morgan fingerprint density at radius 2 is 1.86 bits per heavy atom. The summed E-state index contributed by atoms with van der Waals surface area (Å²) < 4.78 is 1.89. The second kappa shape index (κ2) is 6.02. The van der Waals surface area contributed by atoms with E-state index in [1.54, 1.807) is 0 Å². The van der Waals surface area contributed by atoms with E-state index in [1.807, 2.05) is 25.6 Å². The van der Waals surface area contributed by atoms with Crippen molar-refractivity contribution in [2.75, 3.05) is 5.32 Å². The Kier molecular flexibility index (Phi) is 4.52. The molecule has 0 saturated heterocycles. The Morgan fingerprint density at radius 1 is 1.19 bits per heavy atom. The van der Waals surface area contributed by atoms with E-state index in [0.29, 0.717) is 11.7 Å². The average Bonchev–Trinajstić information content (AvgIpc) is 2.65. The molecule has 0 saturated carbocycles. The van der Waals surface area contributed by atoms with E-state index in [-0.39, 0.29) is 5.92 Å². The van der Waals surface area contributed by atoms with Gasteiger partial charge in [-0.3, -0.25) is 4.68 Å². The summed E-state index contributed by atoms with van der Waals surface area (Å²) in [5, 5.41) is 8.31. The molecule has 114 valence electrons. The molecule has 0 bridgehead atoms. The van der Waals surface area contributed by atoms with Gasteiger partial charge in [0.25, 0.3) is 0 Å². The molecule has 5 nitrogen and oxygen atoms in total. The number of nitrogens with one attached hydrogen (secondary N) is 1. The van der Waals surface area contributed by atoms with Crippen LogP contribution >= 0.6 is 11.6 Å². The van der Waals surface area contributed by atoms with Crippen LogP contribution in [0.4, 0.5) is 5.82 Å². The lowest BCUT2D eigenvalue weighted by Gasteiger charge is -2.13. The van der Waals surface area contributed by atoms with Gasteiger partial charge in [0.05, 0.1) is 5.69 Å². The van der Waals surface area contributed by atoms with Gasteiger partial charge >= 0.3 is 0 Å². The van der Waals surface area contributed by atoms with Crippen molar-refractivity contribution < 1.29 is 0 Å². The molecular weight excluding hydrogens is 286 g/mol. The minimum Gasteiger partial charge on any atom is -0.365 e. The molecule has 2 aromatic rings. The maximum absolute atomic E-state index is 6.20. The van der Waals surface area contributed by atoms with Gasteiger partial charge in [0.1, 0.15) is 16.8 Å². The summed E-state index contributed by atoms with van der Waals surface area (Å²) in [5.74, 6) is 1.79. The van der Waals surface area contributed by atoms with E-state index in [9.17, 15) is 0 Å². The van der Waals surface area contributed by atoms with Gasteiger partial charge in [0.15, 0.2) is 0 Å². The maximum Gasteiger partial charge on any atom is 0.137 e. The number of aryl methyl sites for hydroxylation is 2. The number of anilines is 1. The molecule has 2 rings (SSSR count). The molecule has 0 amide bonds. The first-order valence-electron chi connectivity index (χ1n) is 7.08. The van der Waals surface area contributed by atoms with E-state index in [1.165, 1.54) is 5.56 Å².